The van der Waals surface area contributed by atoms with Crippen molar-refractivity contribution >= 4 is 30.2 Å². The molecule has 1 heterocycles. The first-order valence-corrected chi connectivity index (χ1v) is 8.22. The summed E-state index contributed by atoms with van der Waals surface area (Å²) in [6, 6.07) is 0. The Hall–Kier alpha value is -2.95. The molecule has 11 heteroatoms. The number of carbonyl (C=O) groups is 5. The van der Waals surface area contributed by atoms with E-state index in [-0.39, 0.29) is 6.61 Å². The standard InChI is InChI=1S/C17H22O11/c1-9(19)24-8-13-14(25-10(2)20)15(26-11(3)21)16(27-12(4)22)17(28-13)23-7-5-6-18/h5-7,13-17H,8H2,1-4H3/b7-5+/t13-,14-,15+,16-,17-/m1/s1. The van der Waals surface area contributed by atoms with Crippen molar-refractivity contribution in [2.45, 2.75) is 58.4 Å². The van der Waals surface area contributed by atoms with E-state index in [1.54, 1.807) is 0 Å². The number of allylic oxidation sites excluding steroid dienone is 1. The quantitative estimate of drug-likeness (QED) is 0.175. The normalized spacial score (nSPS) is 26.8. The molecule has 0 amide bonds. The minimum absolute atomic E-state index is 0.366. The molecule has 0 saturated carbocycles. The van der Waals surface area contributed by atoms with Crippen LogP contribution < -0.4 is 0 Å². The molecule has 0 bridgehead atoms. The molecule has 0 N–H and O–H groups in total. The Morgan fingerprint density at radius 1 is 0.821 bits per heavy atom. The molecule has 0 unspecified atom stereocenters. The molecule has 156 valence electrons. The van der Waals surface area contributed by atoms with Crippen molar-refractivity contribution in [1.29, 1.82) is 0 Å². The van der Waals surface area contributed by atoms with Crippen LogP contribution in [0.1, 0.15) is 27.7 Å². The minimum atomic E-state index is -1.35. The first-order chi connectivity index (χ1) is 13.1. The Bertz CT molecular complexity index is 627. The molecule has 1 aliphatic rings. The molecule has 0 aromatic carbocycles. The molecule has 0 aromatic rings. The summed E-state index contributed by atoms with van der Waals surface area (Å²) in [5, 5.41) is 0. The van der Waals surface area contributed by atoms with Crippen molar-refractivity contribution < 1.29 is 52.4 Å². The van der Waals surface area contributed by atoms with E-state index in [2.05, 4.69) is 0 Å². The maximum Gasteiger partial charge on any atom is 0.303 e. The Kier molecular flexibility index (Phi) is 9.09. The maximum absolute atomic E-state index is 11.6. The number of rotatable bonds is 8. The van der Waals surface area contributed by atoms with E-state index in [0.717, 1.165) is 40.0 Å². The van der Waals surface area contributed by atoms with E-state index in [4.69, 9.17) is 28.4 Å². The zero-order valence-electron chi connectivity index (χ0n) is 15.8. The Morgan fingerprint density at radius 3 is 1.86 bits per heavy atom. The van der Waals surface area contributed by atoms with Gasteiger partial charge >= 0.3 is 23.9 Å². The Balaban J connectivity index is 3.28. The molecular weight excluding hydrogens is 380 g/mol. The van der Waals surface area contributed by atoms with Gasteiger partial charge in [0.2, 0.25) is 12.4 Å². The van der Waals surface area contributed by atoms with Crippen LogP contribution in [0, 0.1) is 0 Å². The smallest absolute Gasteiger partial charge is 0.303 e. The fraction of sp³-hybridized carbons (Fsp3) is 0.588. The van der Waals surface area contributed by atoms with Crippen molar-refractivity contribution in [3.63, 3.8) is 0 Å². The summed E-state index contributed by atoms with van der Waals surface area (Å²) < 4.78 is 31.3. The summed E-state index contributed by atoms with van der Waals surface area (Å²) in [5.74, 6) is -2.87. The van der Waals surface area contributed by atoms with Crippen LogP contribution in [0.25, 0.3) is 0 Å². The van der Waals surface area contributed by atoms with Crippen molar-refractivity contribution in [3.8, 4) is 0 Å². The Morgan fingerprint density at radius 2 is 1.36 bits per heavy atom. The van der Waals surface area contributed by atoms with E-state index in [0.29, 0.717) is 6.29 Å². The third-order valence-electron chi connectivity index (χ3n) is 3.32. The summed E-state index contributed by atoms with van der Waals surface area (Å²) in [6.45, 7) is 4.12. The van der Waals surface area contributed by atoms with Gasteiger partial charge in [0.25, 0.3) is 0 Å². The molecule has 5 atom stereocenters. The van der Waals surface area contributed by atoms with Crippen LogP contribution in [0.2, 0.25) is 0 Å². The highest BCUT2D eigenvalue weighted by Gasteiger charge is 2.53. The summed E-state index contributed by atoms with van der Waals surface area (Å²) in [6.07, 6.45) is -3.96. The second-order valence-corrected chi connectivity index (χ2v) is 5.67. The van der Waals surface area contributed by atoms with Gasteiger partial charge in [-0.25, -0.2) is 0 Å². The van der Waals surface area contributed by atoms with Gasteiger partial charge in [0, 0.05) is 33.8 Å². The van der Waals surface area contributed by atoms with Crippen molar-refractivity contribution in [1.82, 2.24) is 0 Å². The summed E-state index contributed by atoms with van der Waals surface area (Å²) >= 11 is 0. The molecule has 0 aromatic heterocycles. The van der Waals surface area contributed by atoms with Gasteiger partial charge in [-0.3, -0.25) is 24.0 Å². The second-order valence-electron chi connectivity index (χ2n) is 5.67. The number of hydrogen-bond acceptors (Lipinski definition) is 11. The fourth-order valence-corrected chi connectivity index (χ4v) is 2.45. The zero-order valence-corrected chi connectivity index (χ0v) is 15.8. The second kappa shape index (κ2) is 11.0. The van der Waals surface area contributed by atoms with Gasteiger partial charge in [0.05, 0.1) is 6.26 Å². The molecule has 0 spiro atoms. The van der Waals surface area contributed by atoms with Crippen LogP contribution in [-0.4, -0.2) is 67.5 Å². The number of esters is 4. The summed E-state index contributed by atoms with van der Waals surface area (Å²) in [4.78, 5) is 56.2. The SMILES string of the molecule is CC(=O)OC[C@H]1O[C@@H](O/C=C/C=O)[C@H](OC(C)=O)[C@@H](OC(C)=O)[C@@H]1OC(C)=O. The lowest BCUT2D eigenvalue weighted by atomic mass is 9.98. The van der Waals surface area contributed by atoms with E-state index < -0.39 is 54.6 Å². The number of aldehydes is 1. The first kappa shape index (κ1) is 23.1. The Labute approximate surface area is 160 Å². The summed E-state index contributed by atoms with van der Waals surface area (Å²) in [5.41, 5.74) is 0. The predicted molar refractivity (Wildman–Crippen MR) is 88.2 cm³/mol. The van der Waals surface area contributed by atoms with Crippen molar-refractivity contribution in [3.05, 3.63) is 12.3 Å². The third-order valence-corrected chi connectivity index (χ3v) is 3.32. The highest BCUT2D eigenvalue weighted by Crippen LogP contribution is 2.30. The number of hydrogen-bond donors (Lipinski definition) is 0. The number of carbonyl (C=O) groups excluding carboxylic acids is 5. The van der Waals surface area contributed by atoms with Crippen LogP contribution in [0.5, 0.6) is 0 Å². The van der Waals surface area contributed by atoms with Gasteiger partial charge in [-0.15, -0.1) is 0 Å². The molecule has 0 radical (unpaired) electrons. The fourth-order valence-electron chi connectivity index (χ4n) is 2.45. The average Bonchev–Trinajstić information content (AvgIpc) is 2.57. The van der Waals surface area contributed by atoms with Gasteiger partial charge in [-0.1, -0.05) is 0 Å². The van der Waals surface area contributed by atoms with Crippen LogP contribution in [0.15, 0.2) is 12.3 Å². The average molecular weight is 402 g/mol. The van der Waals surface area contributed by atoms with E-state index >= 15 is 0 Å². The first-order valence-electron chi connectivity index (χ1n) is 8.22. The third kappa shape index (κ3) is 7.35. The lowest BCUT2D eigenvalue weighted by Crippen LogP contribution is -2.62. The topological polar surface area (TPSA) is 141 Å². The van der Waals surface area contributed by atoms with Crippen LogP contribution in [0.4, 0.5) is 0 Å². The predicted octanol–water partition coefficient (Wildman–Crippen LogP) is -0.201. The highest BCUT2D eigenvalue weighted by molar-refractivity contribution is 5.68. The minimum Gasteiger partial charge on any atom is -0.468 e. The largest absolute Gasteiger partial charge is 0.468 e. The molecule has 28 heavy (non-hydrogen) atoms. The van der Waals surface area contributed by atoms with Gasteiger partial charge in [0.1, 0.15) is 19.0 Å². The van der Waals surface area contributed by atoms with E-state index in [1.165, 1.54) is 0 Å². The zero-order chi connectivity index (χ0) is 21.3. The van der Waals surface area contributed by atoms with Crippen molar-refractivity contribution in [2.24, 2.45) is 0 Å². The molecule has 0 aliphatic carbocycles. The molecule has 1 fully saturated rings. The van der Waals surface area contributed by atoms with Gasteiger partial charge in [-0.05, 0) is 0 Å². The van der Waals surface area contributed by atoms with E-state index in [9.17, 15) is 24.0 Å². The molecule has 1 aliphatic heterocycles. The van der Waals surface area contributed by atoms with Crippen LogP contribution in [-0.2, 0) is 52.4 Å². The lowest BCUT2D eigenvalue weighted by molar-refractivity contribution is -0.297. The lowest BCUT2D eigenvalue weighted by Gasteiger charge is -2.43. The van der Waals surface area contributed by atoms with Crippen molar-refractivity contribution in [2.75, 3.05) is 6.61 Å². The highest BCUT2D eigenvalue weighted by atomic mass is 16.7. The van der Waals surface area contributed by atoms with Gasteiger partial charge in [-0.2, -0.15) is 0 Å². The molecule has 1 rings (SSSR count). The van der Waals surface area contributed by atoms with E-state index in [1.807, 2.05) is 0 Å². The molecule has 11 nitrogen and oxygen atoms in total. The molecule has 1 saturated heterocycles. The van der Waals surface area contributed by atoms with Gasteiger partial charge < -0.3 is 28.4 Å². The molecular formula is C17H22O11. The van der Waals surface area contributed by atoms with Gasteiger partial charge in [0.15, 0.2) is 12.2 Å². The van der Waals surface area contributed by atoms with Crippen LogP contribution in [0.3, 0.4) is 0 Å². The van der Waals surface area contributed by atoms with Crippen LogP contribution >= 0.6 is 0 Å². The summed E-state index contributed by atoms with van der Waals surface area (Å²) in [7, 11) is 0. The monoisotopic (exact) mass is 402 g/mol. The number of ether oxygens (including phenoxy) is 6. The maximum atomic E-state index is 11.6.